The summed E-state index contributed by atoms with van der Waals surface area (Å²) < 4.78 is 18.6. The van der Waals surface area contributed by atoms with E-state index in [0.29, 0.717) is 5.56 Å². The van der Waals surface area contributed by atoms with Gasteiger partial charge >= 0.3 is 0 Å². The first-order chi connectivity index (χ1) is 7.97. The minimum atomic E-state index is -0.555. The second-order valence-corrected chi connectivity index (χ2v) is 4.35. The van der Waals surface area contributed by atoms with Gasteiger partial charge in [-0.2, -0.15) is 0 Å². The number of Topliss-reactive ketones (excluding diaryl/α,β-unsaturated/α-hetero) is 1. The van der Waals surface area contributed by atoms with E-state index in [1.807, 2.05) is 13.8 Å². The van der Waals surface area contributed by atoms with E-state index in [1.54, 1.807) is 12.1 Å². The van der Waals surface area contributed by atoms with Crippen molar-refractivity contribution < 1.29 is 13.9 Å². The number of methoxy groups -OCH3 is 1. The lowest BCUT2D eigenvalue weighted by atomic mass is 9.96. The maximum atomic E-state index is 13.8. The second-order valence-electron chi connectivity index (χ2n) is 4.35. The fourth-order valence-electron chi connectivity index (χ4n) is 1.53. The minimum Gasteiger partial charge on any atom is -0.494 e. The molecule has 0 aliphatic heterocycles. The highest BCUT2D eigenvalue weighted by Crippen LogP contribution is 2.21. The van der Waals surface area contributed by atoms with E-state index in [0.717, 1.165) is 0 Å². The molecule has 0 aliphatic carbocycles. The zero-order valence-electron chi connectivity index (χ0n) is 10.4. The molecule has 1 aromatic rings. The number of halogens is 1. The third-order valence-corrected chi connectivity index (χ3v) is 2.72. The SMILES string of the molecule is COc1cccc(CC(=O)C(N)C(C)C)c1F. The molecule has 0 radical (unpaired) electrons. The van der Waals surface area contributed by atoms with Crippen molar-refractivity contribution in [3.63, 3.8) is 0 Å². The van der Waals surface area contributed by atoms with Gasteiger partial charge in [-0.25, -0.2) is 4.39 Å². The monoisotopic (exact) mass is 239 g/mol. The number of nitrogens with two attached hydrogens (primary N) is 1. The molecule has 0 aromatic heterocycles. The Bertz CT molecular complexity index is 404. The molecule has 0 amide bonds. The van der Waals surface area contributed by atoms with E-state index in [2.05, 4.69) is 0 Å². The standard InChI is InChI=1S/C13H18FNO2/c1-8(2)13(15)10(16)7-9-5-4-6-11(17-3)12(9)14/h4-6,8,13H,7,15H2,1-3H3. The van der Waals surface area contributed by atoms with Gasteiger partial charge < -0.3 is 10.5 Å². The molecule has 0 heterocycles. The van der Waals surface area contributed by atoms with Gasteiger partial charge in [0.25, 0.3) is 0 Å². The van der Waals surface area contributed by atoms with Crippen molar-refractivity contribution in [1.82, 2.24) is 0 Å². The first-order valence-corrected chi connectivity index (χ1v) is 5.57. The Balaban J connectivity index is 2.85. The van der Waals surface area contributed by atoms with E-state index in [9.17, 15) is 9.18 Å². The maximum Gasteiger partial charge on any atom is 0.168 e. The summed E-state index contributed by atoms with van der Waals surface area (Å²) in [5.74, 6) is -0.448. The lowest BCUT2D eigenvalue weighted by molar-refractivity contribution is -0.120. The van der Waals surface area contributed by atoms with Crippen LogP contribution in [0.1, 0.15) is 19.4 Å². The number of ketones is 1. The quantitative estimate of drug-likeness (QED) is 0.854. The average molecular weight is 239 g/mol. The van der Waals surface area contributed by atoms with Crippen molar-refractivity contribution in [3.05, 3.63) is 29.6 Å². The number of hydrogen-bond donors (Lipinski definition) is 1. The Kier molecular flexibility index (Phi) is 4.63. The largest absolute Gasteiger partial charge is 0.494 e. The number of rotatable bonds is 5. The Morgan fingerprint density at radius 3 is 2.65 bits per heavy atom. The van der Waals surface area contributed by atoms with Crippen molar-refractivity contribution >= 4 is 5.78 Å². The maximum absolute atomic E-state index is 13.8. The number of carbonyl (C=O) groups is 1. The molecule has 0 spiro atoms. The highest BCUT2D eigenvalue weighted by Gasteiger charge is 2.19. The molecule has 0 bridgehead atoms. The molecule has 0 saturated carbocycles. The van der Waals surface area contributed by atoms with E-state index in [-0.39, 0.29) is 23.9 Å². The lowest BCUT2D eigenvalue weighted by Gasteiger charge is -2.14. The Hall–Kier alpha value is -1.42. The van der Waals surface area contributed by atoms with E-state index < -0.39 is 11.9 Å². The second kappa shape index (κ2) is 5.77. The third kappa shape index (κ3) is 3.27. The van der Waals surface area contributed by atoms with Gasteiger partial charge in [0.05, 0.1) is 13.2 Å². The molecular formula is C13H18FNO2. The predicted octanol–water partition coefficient (Wildman–Crippen LogP) is 1.93. The first-order valence-electron chi connectivity index (χ1n) is 5.57. The fraction of sp³-hybridized carbons (Fsp3) is 0.462. The predicted molar refractivity (Wildman–Crippen MR) is 64.5 cm³/mol. The molecule has 2 N–H and O–H groups in total. The van der Waals surface area contributed by atoms with Crippen molar-refractivity contribution in [2.24, 2.45) is 11.7 Å². The molecule has 4 heteroatoms. The molecule has 1 aromatic carbocycles. The number of carbonyl (C=O) groups excluding carboxylic acids is 1. The number of benzene rings is 1. The van der Waals surface area contributed by atoms with Gasteiger partial charge in [0.15, 0.2) is 17.3 Å². The van der Waals surface area contributed by atoms with E-state index in [4.69, 9.17) is 10.5 Å². The van der Waals surface area contributed by atoms with Crippen LogP contribution in [-0.4, -0.2) is 18.9 Å². The highest BCUT2D eigenvalue weighted by atomic mass is 19.1. The summed E-state index contributed by atoms with van der Waals surface area (Å²) in [7, 11) is 1.39. The molecule has 0 saturated heterocycles. The average Bonchev–Trinajstić information content (AvgIpc) is 2.30. The Morgan fingerprint density at radius 2 is 2.12 bits per heavy atom. The summed E-state index contributed by atoms with van der Waals surface area (Å²) in [5, 5.41) is 0. The van der Waals surface area contributed by atoms with Crippen LogP contribution in [0.4, 0.5) is 4.39 Å². The summed E-state index contributed by atoms with van der Waals surface area (Å²) in [4.78, 5) is 11.8. The summed E-state index contributed by atoms with van der Waals surface area (Å²) in [6.45, 7) is 3.73. The molecular weight excluding hydrogens is 221 g/mol. The van der Waals surface area contributed by atoms with Crippen molar-refractivity contribution in [2.45, 2.75) is 26.3 Å². The van der Waals surface area contributed by atoms with Gasteiger partial charge in [-0.15, -0.1) is 0 Å². The zero-order valence-corrected chi connectivity index (χ0v) is 10.4. The molecule has 94 valence electrons. The fourth-order valence-corrected chi connectivity index (χ4v) is 1.53. The van der Waals surface area contributed by atoms with Gasteiger partial charge in [-0.05, 0) is 17.5 Å². The topological polar surface area (TPSA) is 52.3 Å². The molecule has 3 nitrogen and oxygen atoms in total. The first kappa shape index (κ1) is 13.6. The van der Waals surface area contributed by atoms with Crippen molar-refractivity contribution in [3.8, 4) is 5.75 Å². The van der Waals surface area contributed by atoms with Gasteiger partial charge in [0, 0.05) is 6.42 Å². The van der Waals surface area contributed by atoms with Crippen LogP contribution in [0.3, 0.4) is 0 Å². The zero-order chi connectivity index (χ0) is 13.0. The van der Waals surface area contributed by atoms with Crippen LogP contribution in [0.5, 0.6) is 5.75 Å². The highest BCUT2D eigenvalue weighted by molar-refractivity contribution is 5.86. The van der Waals surface area contributed by atoms with Crippen LogP contribution >= 0.6 is 0 Å². The number of hydrogen-bond acceptors (Lipinski definition) is 3. The summed E-state index contributed by atoms with van der Waals surface area (Å²) in [6.07, 6.45) is 0.00236. The Labute approximate surface area is 101 Å². The molecule has 0 fully saturated rings. The Morgan fingerprint density at radius 1 is 1.47 bits per heavy atom. The van der Waals surface area contributed by atoms with E-state index >= 15 is 0 Å². The van der Waals surface area contributed by atoms with Gasteiger partial charge in [-0.1, -0.05) is 26.0 Å². The van der Waals surface area contributed by atoms with Crippen LogP contribution in [0.2, 0.25) is 0 Å². The summed E-state index contributed by atoms with van der Waals surface area (Å²) in [6, 6.07) is 4.19. The lowest BCUT2D eigenvalue weighted by Crippen LogP contribution is -2.36. The van der Waals surface area contributed by atoms with Gasteiger partial charge in [-0.3, -0.25) is 4.79 Å². The van der Waals surface area contributed by atoms with E-state index in [1.165, 1.54) is 13.2 Å². The molecule has 1 unspecified atom stereocenters. The summed E-state index contributed by atoms with van der Waals surface area (Å²) in [5.41, 5.74) is 6.05. The van der Waals surface area contributed by atoms with Gasteiger partial charge in [0.2, 0.25) is 0 Å². The summed E-state index contributed by atoms with van der Waals surface area (Å²) >= 11 is 0. The smallest absolute Gasteiger partial charge is 0.168 e. The number of ether oxygens (including phenoxy) is 1. The third-order valence-electron chi connectivity index (χ3n) is 2.72. The van der Waals surface area contributed by atoms with Crippen LogP contribution in [0.15, 0.2) is 18.2 Å². The van der Waals surface area contributed by atoms with Crippen LogP contribution < -0.4 is 10.5 Å². The van der Waals surface area contributed by atoms with Crippen LogP contribution in [0.25, 0.3) is 0 Å². The normalized spacial score (nSPS) is 12.6. The molecule has 1 atom stereocenters. The minimum absolute atomic E-state index is 0.00236. The van der Waals surface area contributed by atoms with Crippen LogP contribution in [0, 0.1) is 11.7 Å². The molecule has 0 aliphatic rings. The van der Waals surface area contributed by atoms with Crippen LogP contribution in [-0.2, 0) is 11.2 Å². The molecule has 1 rings (SSSR count). The van der Waals surface area contributed by atoms with Crippen molar-refractivity contribution in [1.29, 1.82) is 0 Å². The molecule has 17 heavy (non-hydrogen) atoms. The van der Waals surface area contributed by atoms with Gasteiger partial charge in [0.1, 0.15) is 0 Å². The van der Waals surface area contributed by atoms with Crippen molar-refractivity contribution in [2.75, 3.05) is 7.11 Å².